The summed E-state index contributed by atoms with van der Waals surface area (Å²) in [4.78, 5) is 29.6. The fourth-order valence-corrected chi connectivity index (χ4v) is 20.8. The summed E-state index contributed by atoms with van der Waals surface area (Å²) in [5.74, 6) is -0.723. The molecule has 15 heteroatoms. The van der Waals surface area contributed by atoms with E-state index < -0.39 is 38.8 Å². The third kappa shape index (κ3) is 27.9. The molecule has 14 aromatic carbocycles. The molecule has 0 aliphatic carbocycles. The van der Waals surface area contributed by atoms with E-state index in [1.165, 1.54) is 114 Å². The number of halogens is 3. The van der Waals surface area contributed by atoms with Crippen LogP contribution in [0.5, 0.6) is 0 Å². The number of Topliss-reactive ketones (excluding diaryl/α,β-unsaturated/α-hetero) is 2. The molecule has 113 heavy (non-hydrogen) atoms. The van der Waals surface area contributed by atoms with E-state index in [2.05, 4.69) is 390 Å². The van der Waals surface area contributed by atoms with Crippen LogP contribution in [0.2, 0.25) is 0 Å². The quantitative estimate of drug-likeness (QED) is 0.0568. The van der Waals surface area contributed by atoms with Gasteiger partial charge in [-0.25, -0.2) is 8.78 Å². The average Bonchev–Trinajstić information content (AvgIpc) is 0.836. The van der Waals surface area contributed by atoms with Crippen molar-refractivity contribution in [1.29, 1.82) is 0 Å². The Morgan fingerprint density at radius 2 is 0.451 bits per heavy atom. The predicted molar refractivity (Wildman–Crippen MR) is 478 cm³/mol. The Kier molecular flexibility index (Phi) is 36.5. The number of carbonyl (C=O) groups is 2. The molecule has 562 valence electrons. The van der Waals surface area contributed by atoms with Crippen molar-refractivity contribution >= 4 is 135 Å². The molecule has 0 fully saturated rings. The van der Waals surface area contributed by atoms with Gasteiger partial charge in [0.2, 0.25) is 0 Å². The second-order valence-electron chi connectivity index (χ2n) is 24.7. The molecule has 0 aliphatic rings. The zero-order valence-corrected chi connectivity index (χ0v) is 68.9. The summed E-state index contributed by atoms with van der Waals surface area (Å²) in [7, 11) is -3.30. The van der Waals surface area contributed by atoms with Crippen LogP contribution in [0.4, 0.5) is 8.78 Å². The first-order chi connectivity index (χ1) is 54.9. The Hall–Kier alpha value is -10.6. The van der Waals surface area contributed by atoms with Gasteiger partial charge in [-0.15, -0.1) is 0 Å². The fraction of sp³-hybridized carbons (Fsp3) is 0.0204. The zero-order valence-electron chi connectivity index (χ0n) is 62.1. The van der Waals surface area contributed by atoms with Crippen LogP contribution in [0, 0.1) is 11.6 Å². The SMILES string of the molecule is CC(=O)c1ccc(-c2ccc(F)cc2)cn1.CC(=O)c1ccc(Br)cn1.OB(O)c1ccc(F)cc1.[Pd].c1ccc(P(c2ccccc2)c2ccccc2)cc1.c1ccc(P(c2ccccc2)c2ccccc2)cc1.c1ccc(P(c2ccccc2)c2ccccc2)cc1.c1ccc(P(c2ccccc2)c2ccccc2)cc1. The molecule has 0 spiro atoms. The van der Waals surface area contributed by atoms with Gasteiger partial charge < -0.3 is 10.0 Å². The van der Waals surface area contributed by atoms with Crippen LogP contribution in [-0.2, 0) is 20.4 Å². The maximum atomic E-state index is 12.7. The molecule has 16 rings (SSSR count). The summed E-state index contributed by atoms with van der Waals surface area (Å²) in [6, 6.07) is 147. The van der Waals surface area contributed by atoms with Gasteiger partial charge in [-0.3, -0.25) is 19.6 Å². The Labute approximate surface area is 690 Å². The van der Waals surface area contributed by atoms with E-state index in [0.29, 0.717) is 16.9 Å². The monoisotopic (exact) mass is 1710 g/mol. The molecule has 6 nitrogen and oxygen atoms in total. The van der Waals surface area contributed by atoms with Crippen LogP contribution in [0.15, 0.2) is 454 Å². The fourth-order valence-electron chi connectivity index (χ4n) is 11.3. The van der Waals surface area contributed by atoms with Gasteiger partial charge >= 0.3 is 7.12 Å². The van der Waals surface area contributed by atoms with Crippen molar-refractivity contribution in [2.45, 2.75) is 13.8 Å². The summed E-state index contributed by atoms with van der Waals surface area (Å²) in [6.45, 7) is 2.97. The van der Waals surface area contributed by atoms with E-state index in [-0.39, 0.29) is 43.6 Å². The van der Waals surface area contributed by atoms with Gasteiger partial charge in [-0.2, -0.15) is 0 Å². The number of pyridine rings is 2. The molecular formula is C98H82BBrF2N2O4P4Pd. The first-order valence-corrected chi connectivity index (χ1v) is 42.3. The smallest absolute Gasteiger partial charge is 0.423 e. The molecule has 0 amide bonds. The molecule has 0 radical (unpaired) electrons. The molecule has 2 N–H and O–H groups in total. The summed E-state index contributed by atoms with van der Waals surface area (Å²) in [6.07, 6.45) is 3.22. The molecule has 0 aliphatic heterocycles. The third-order valence-electron chi connectivity index (χ3n) is 16.7. The van der Waals surface area contributed by atoms with E-state index in [9.17, 15) is 18.4 Å². The molecule has 2 heterocycles. The molecule has 2 aromatic heterocycles. The van der Waals surface area contributed by atoms with E-state index in [4.69, 9.17) is 10.0 Å². The summed E-state index contributed by atoms with van der Waals surface area (Å²) >= 11 is 3.22. The molecule has 16 aromatic rings. The van der Waals surface area contributed by atoms with Crippen LogP contribution >= 0.6 is 47.6 Å². The second kappa shape index (κ2) is 47.7. The Balaban J connectivity index is 0.000000153. The van der Waals surface area contributed by atoms with Gasteiger partial charge in [0.05, 0.1) is 0 Å². The largest absolute Gasteiger partial charge is 0.488 e. The Morgan fingerprint density at radius 1 is 0.265 bits per heavy atom. The van der Waals surface area contributed by atoms with Crippen LogP contribution in [0.1, 0.15) is 34.8 Å². The van der Waals surface area contributed by atoms with Crippen molar-refractivity contribution in [2.24, 2.45) is 0 Å². The van der Waals surface area contributed by atoms with Crippen LogP contribution in [0.3, 0.4) is 0 Å². The minimum absolute atomic E-state index is 0. The maximum absolute atomic E-state index is 12.7. The van der Waals surface area contributed by atoms with Gasteiger partial charge in [0, 0.05) is 56.7 Å². The van der Waals surface area contributed by atoms with Crippen molar-refractivity contribution in [2.75, 3.05) is 0 Å². The molecular weight excluding hydrogens is 1630 g/mol. The number of benzene rings is 14. The van der Waals surface area contributed by atoms with E-state index >= 15 is 0 Å². The van der Waals surface area contributed by atoms with Gasteiger partial charge in [-0.1, -0.05) is 394 Å². The maximum Gasteiger partial charge on any atom is 0.488 e. The zero-order chi connectivity index (χ0) is 78.3. The molecule has 0 bridgehead atoms. The topological polar surface area (TPSA) is 100 Å². The first-order valence-electron chi connectivity index (χ1n) is 36.1. The minimum Gasteiger partial charge on any atom is -0.423 e. The van der Waals surface area contributed by atoms with Gasteiger partial charge in [0.25, 0.3) is 0 Å². The second-order valence-corrected chi connectivity index (χ2v) is 34.5. The Bertz CT molecular complexity index is 4460. The van der Waals surface area contributed by atoms with Crippen molar-refractivity contribution in [3.8, 4) is 11.1 Å². The molecule has 0 saturated carbocycles. The number of rotatable bonds is 16. The predicted octanol–water partition coefficient (Wildman–Crippen LogP) is 18.4. The van der Waals surface area contributed by atoms with Gasteiger partial charge in [-0.05, 0) is 165 Å². The first kappa shape index (κ1) is 86.4. The van der Waals surface area contributed by atoms with Crippen LogP contribution < -0.4 is 69.1 Å². The van der Waals surface area contributed by atoms with Gasteiger partial charge in [0.1, 0.15) is 23.0 Å². The minimum atomic E-state index is -1.51. The number of aromatic nitrogens is 2. The number of nitrogens with zero attached hydrogens (tertiary/aromatic N) is 2. The molecule has 0 atom stereocenters. The molecule has 0 unspecified atom stereocenters. The number of hydrogen-bond acceptors (Lipinski definition) is 6. The summed E-state index contributed by atoms with van der Waals surface area (Å²) in [5, 5.41) is 33.9. The number of ketones is 2. The number of hydrogen-bond donors (Lipinski definition) is 2. The van der Waals surface area contributed by atoms with Crippen LogP contribution in [0.25, 0.3) is 11.1 Å². The van der Waals surface area contributed by atoms with Crippen molar-refractivity contribution < 1.29 is 48.8 Å². The van der Waals surface area contributed by atoms with Crippen LogP contribution in [-0.4, -0.2) is 38.7 Å². The Morgan fingerprint density at radius 3 is 0.619 bits per heavy atom. The normalized spacial score (nSPS) is 10.2. The van der Waals surface area contributed by atoms with E-state index in [0.717, 1.165) is 15.6 Å². The van der Waals surface area contributed by atoms with Crippen molar-refractivity contribution in [1.82, 2.24) is 9.97 Å². The van der Waals surface area contributed by atoms with Crippen molar-refractivity contribution in [3.05, 3.63) is 477 Å². The average molecular weight is 1710 g/mol. The summed E-state index contributed by atoms with van der Waals surface area (Å²) in [5.41, 5.74) is 2.98. The van der Waals surface area contributed by atoms with Gasteiger partial charge in [0.15, 0.2) is 11.6 Å². The summed E-state index contributed by atoms with van der Waals surface area (Å²) < 4.78 is 25.8. The van der Waals surface area contributed by atoms with E-state index in [1.807, 2.05) is 0 Å². The van der Waals surface area contributed by atoms with E-state index in [1.54, 1.807) is 48.8 Å². The standard InChI is InChI=1S/4C18H15P.C13H10FNO.C7H6BrNO.C6H6BFO2.Pd/c4*1-4-10-16(11-5-1)19(17-12-6-2-7-13-17)18-14-8-3-9-15-18;1-9(16)13-7-4-11(8-15-13)10-2-5-12(14)6-3-10;1-5(10)7-3-2-6(8)4-9-7;8-6-3-1-5(2-4-6)7(9)10;/h4*1-15H;2-8H,1H3;2-4H,1H3;1-4,9-10H;. The van der Waals surface area contributed by atoms with Crippen molar-refractivity contribution in [3.63, 3.8) is 0 Å². The third-order valence-corrected chi connectivity index (χ3v) is 27.0. The molecule has 0 saturated heterocycles. The number of carbonyl (C=O) groups excluding carboxylic acids is 2.